The number of aliphatic hydroxyl groups excluding tert-OH is 1. The molecule has 1 N–H and O–H groups in total. The zero-order valence-electron chi connectivity index (χ0n) is 12.9. The number of sulfone groups is 1. The topological polar surface area (TPSA) is 72.8 Å². The lowest BCUT2D eigenvalue weighted by molar-refractivity contribution is -0.136. The fraction of sp³-hybridized carbons (Fsp3) is 0.222. The molecule has 0 fully saturated rings. The molecular weight excluding hydrogens is 328 g/mol. The van der Waals surface area contributed by atoms with Crippen molar-refractivity contribution in [1.29, 1.82) is 0 Å². The lowest BCUT2D eigenvalue weighted by atomic mass is 10.1. The van der Waals surface area contributed by atoms with Crippen molar-refractivity contribution in [2.45, 2.75) is 17.8 Å². The van der Waals surface area contributed by atoms with Gasteiger partial charge in [0.05, 0.1) is 35.2 Å². The molecule has 0 amide bonds. The van der Waals surface area contributed by atoms with Crippen LogP contribution in [0.15, 0.2) is 76.7 Å². The Hall–Kier alpha value is -2.15. The fourth-order valence-corrected chi connectivity index (χ4v) is 4.06. The van der Waals surface area contributed by atoms with Gasteiger partial charge in [-0.2, -0.15) is 0 Å². The third kappa shape index (κ3) is 3.51. The molecule has 2 aromatic carbocycles. The summed E-state index contributed by atoms with van der Waals surface area (Å²) in [5.41, 5.74) is 0.895. The van der Waals surface area contributed by atoms with Crippen molar-refractivity contribution in [3.8, 4) is 0 Å². The molecule has 0 saturated heterocycles. The summed E-state index contributed by atoms with van der Waals surface area (Å²) in [6.07, 6.45) is -0.0697. The second-order valence-corrected chi connectivity index (χ2v) is 7.41. The lowest BCUT2D eigenvalue weighted by Gasteiger charge is -2.20. The average Bonchev–Trinajstić information content (AvgIpc) is 3.12. The van der Waals surface area contributed by atoms with Gasteiger partial charge < -0.3 is 14.6 Å². The Balaban J connectivity index is 1.73. The number of hydrogen-bond donors (Lipinski definition) is 1. The van der Waals surface area contributed by atoms with Crippen molar-refractivity contribution in [2.75, 3.05) is 6.61 Å². The van der Waals surface area contributed by atoms with E-state index in [1.165, 1.54) is 18.4 Å². The Labute approximate surface area is 141 Å². The van der Waals surface area contributed by atoms with Crippen molar-refractivity contribution < 1.29 is 23.0 Å². The average molecular weight is 346 g/mol. The molecule has 0 radical (unpaired) electrons. The van der Waals surface area contributed by atoms with E-state index in [1.54, 1.807) is 18.2 Å². The maximum absolute atomic E-state index is 12.7. The van der Waals surface area contributed by atoms with E-state index in [-0.39, 0.29) is 23.0 Å². The fourth-order valence-electron chi connectivity index (χ4n) is 2.50. The number of ether oxygens (including phenoxy) is 2. The van der Waals surface area contributed by atoms with Crippen LogP contribution < -0.4 is 0 Å². The van der Waals surface area contributed by atoms with E-state index >= 15 is 0 Å². The molecule has 126 valence electrons. The van der Waals surface area contributed by atoms with Gasteiger partial charge in [-0.05, 0) is 17.7 Å². The summed E-state index contributed by atoms with van der Waals surface area (Å²) in [7, 11) is -3.72. The SMILES string of the molecule is O=S(=O)(C1=COC[C@H]1[C@H](O)OCc1ccccc1)c1ccccc1. The molecule has 0 aromatic heterocycles. The number of benzene rings is 2. The van der Waals surface area contributed by atoms with E-state index in [0.29, 0.717) is 0 Å². The molecule has 0 aliphatic carbocycles. The highest BCUT2D eigenvalue weighted by Crippen LogP contribution is 2.32. The third-order valence-electron chi connectivity index (χ3n) is 3.81. The molecule has 1 aliphatic heterocycles. The van der Waals surface area contributed by atoms with E-state index in [4.69, 9.17) is 9.47 Å². The van der Waals surface area contributed by atoms with Crippen LogP contribution in [0.4, 0.5) is 0 Å². The predicted molar refractivity (Wildman–Crippen MR) is 88.4 cm³/mol. The Kier molecular flexibility index (Phi) is 4.99. The van der Waals surface area contributed by atoms with Crippen LogP contribution in [0.3, 0.4) is 0 Å². The monoisotopic (exact) mass is 346 g/mol. The van der Waals surface area contributed by atoms with Crippen LogP contribution >= 0.6 is 0 Å². The van der Waals surface area contributed by atoms with Crippen molar-refractivity contribution in [3.05, 3.63) is 77.4 Å². The van der Waals surface area contributed by atoms with Gasteiger partial charge in [0, 0.05) is 0 Å². The van der Waals surface area contributed by atoms with Gasteiger partial charge in [-0.25, -0.2) is 8.42 Å². The molecule has 0 bridgehead atoms. The largest absolute Gasteiger partial charge is 0.499 e. The minimum atomic E-state index is -3.72. The Bertz CT molecular complexity index is 800. The van der Waals surface area contributed by atoms with Gasteiger partial charge in [0.15, 0.2) is 6.29 Å². The molecule has 1 heterocycles. The van der Waals surface area contributed by atoms with Crippen LogP contribution in [0.25, 0.3) is 0 Å². The Morgan fingerprint density at radius 1 is 1.08 bits per heavy atom. The van der Waals surface area contributed by atoms with E-state index in [0.717, 1.165) is 5.56 Å². The minimum absolute atomic E-state index is 0.0364. The Morgan fingerprint density at radius 3 is 2.38 bits per heavy atom. The van der Waals surface area contributed by atoms with Gasteiger partial charge >= 0.3 is 0 Å². The smallest absolute Gasteiger partial charge is 0.206 e. The van der Waals surface area contributed by atoms with Gasteiger partial charge in [0.1, 0.15) is 0 Å². The van der Waals surface area contributed by atoms with Crippen LogP contribution in [0.2, 0.25) is 0 Å². The van der Waals surface area contributed by atoms with Crippen molar-refractivity contribution in [1.82, 2.24) is 0 Å². The van der Waals surface area contributed by atoms with Crippen molar-refractivity contribution in [2.24, 2.45) is 5.92 Å². The Morgan fingerprint density at radius 2 is 1.71 bits per heavy atom. The molecule has 2 aromatic rings. The van der Waals surface area contributed by atoms with Crippen LogP contribution in [-0.2, 0) is 25.9 Å². The van der Waals surface area contributed by atoms with Crippen LogP contribution in [0, 0.1) is 5.92 Å². The summed E-state index contributed by atoms with van der Waals surface area (Å²) >= 11 is 0. The molecule has 2 atom stereocenters. The van der Waals surface area contributed by atoms with Gasteiger partial charge in [0.2, 0.25) is 9.84 Å². The van der Waals surface area contributed by atoms with Gasteiger partial charge in [-0.3, -0.25) is 0 Å². The molecule has 3 rings (SSSR count). The second kappa shape index (κ2) is 7.17. The highest BCUT2D eigenvalue weighted by Gasteiger charge is 2.37. The standard InChI is InChI=1S/C18H18O5S/c19-18(23-11-14-7-3-1-4-8-14)16-12-22-13-17(16)24(20,21)15-9-5-2-6-10-15/h1-10,13,16,18-19H,11-12H2/t16-,18-/m1/s1. The van der Waals surface area contributed by atoms with Crippen LogP contribution in [0.5, 0.6) is 0 Å². The third-order valence-corrected chi connectivity index (χ3v) is 5.72. The zero-order valence-corrected chi connectivity index (χ0v) is 13.7. The van der Waals surface area contributed by atoms with Crippen LogP contribution in [0.1, 0.15) is 5.56 Å². The first kappa shape index (κ1) is 16.7. The first-order valence-corrected chi connectivity index (χ1v) is 9.03. The summed E-state index contributed by atoms with van der Waals surface area (Å²) in [6, 6.07) is 17.5. The van der Waals surface area contributed by atoms with Gasteiger partial charge in [-0.1, -0.05) is 48.5 Å². The molecule has 24 heavy (non-hydrogen) atoms. The lowest BCUT2D eigenvalue weighted by Crippen LogP contribution is -2.28. The highest BCUT2D eigenvalue weighted by atomic mass is 32.2. The molecule has 0 saturated carbocycles. The van der Waals surface area contributed by atoms with E-state index in [2.05, 4.69) is 0 Å². The number of hydrogen-bond acceptors (Lipinski definition) is 5. The molecule has 0 unspecified atom stereocenters. The normalized spacial score (nSPS) is 18.7. The van der Waals surface area contributed by atoms with Gasteiger partial charge in [-0.15, -0.1) is 0 Å². The molecular formula is C18H18O5S. The van der Waals surface area contributed by atoms with Crippen molar-refractivity contribution >= 4 is 9.84 Å². The summed E-state index contributed by atoms with van der Waals surface area (Å²) in [5.74, 6) is -0.751. The summed E-state index contributed by atoms with van der Waals surface area (Å²) in [5, 5.41) is 10.3. The first-order chi connectivity index (χ1) is 11.6. The molecule has 6 heteroatoms. The zero-order chi connectivity index (χ0) is 17.0. The molecule has 5 nitrogen and oxygen atoms in total. The van der Waals surface area contributed by atoms with E-state index < -0.39 is 22.0 Å². The van der Waals surface area contributed by atoms with Gasteiger partial charge in [0.25, 0.3) is 0 Å². The van der Waals surface area contributed by atoms with E-state index in [9.17, 15) is 13.5 Å². The van der Waals surface area contributed by atoms with Crippen LogP contribution in [-0.4, -0.2) is 26.4 Å². The predicted octanol–water partition coefficient (Wildman–Crippen LogP) is 2.48. The summed E-state index contributed by atoms with van der Waals surface area (Å²) < 4.78 is 36.0. The summed E-state index contributed by atoms with van der Waals surface area (Å²) in [6.45, 7) is 0.258. The number of rotatable bonds is 6. The maximum Gasteiger partial charge on any atom is 0.206 e. The van der Waals surface area contributed by atoms with Crippen molar-refractivity contribution in [3.63, 3.8) is 0 Å². The van der Waals surface area contributed by atoms with E-state index in [1.807, 2.05) is 30.3 Å². The highest BCUT2D eigenvalue weighted by molar-refractivity contribution is 7.95. The minimum Gasteiger partial charge on any atom is -0.499 e. The number of aliphatic hydroxyl groups is 1. The summed E-state index contributed by atoms with van der Waals surface area (Å²) in [4.78, 5) is 0.205. The first-order valence-electron chi connectivity index (χ1n) is 7.54. The maximum atomic E-state index is 12.7. The quantitative estimate of drug-likeness (QED) is 0.814. The second-order valence-electron chi connectivity index (χ2n) is 5.46. The molecule has 0 spiro atoms. The molecule has 1 aliphatic rings.